The number of carbonyl (C=O) groups excluding carboxylic acids is 1. The molecule has 0 saturated carbocycles. The van der Waals surface area contributed by atoms with Crippen LogP contribution >= 0.6 is 11.3 Å². The summed E-state index contributed by atoms with van der Waals surface area (Å²) < 4.78 is 9.47. The van der Waals surface area contributed by atoms with Crippen molar-refractivity contribution in [3.8, 4) is 0 Å². The van der Waals surface area contributed by atoms with Gasteiger partial charge in [0.2, 0.25) is 0 Å². The summed E-state index contributed by atoms with van der Waals surface area (Å²) in [5, 5.41) is 4.57. The molecule has 0 N–H and O–H groups in total. The molecule has 1 unspecified atom stereocenters. The van der Waals surface area contributed by atoms with Crippen molar-refractivity contribution in [2.24, 2.45) is 4.99 Å². The highest BCUT2D eigenvalue weighted by atomic mass is 32.1. The number of carbonyl (C=O) groups is 1. The highest BCUT2D eigenvalue weighted by Gasteiger charge is 2.33. The molecule has 0 aliphatic carbocycles. The summed E-state index contributed by atoms with van der Waals surface area (Å²) in [5.41, 5.74) is 5.42. The number of hydrogen-bond acceptors (Lipinski definition) is 7. The number of anilines is 1. The van der Waals surface area contributed by atoms with E-state index in [-0.39, 0.29) is 12.2 Å². The number of aryl methyl sites for hydroxylation is 2. The van der Waals surface area contributed by atoms with E-state index >= 15 is 0 Å². The minimum absolute atomic E-state index is 0.187. The van der Waals surface area contributed by atoms with Gasteiger partial charge in [0.15, 0.2) is 4.80 Å². The number of esters is 1. The standard InChI is InChI=1S/C26H31N5O3S/c1-8-30-17(5)20(15(3)28-30)14-21-24(32)31-23(18-10-12-19(13-11-18)29(6)7)22(25(33)34-9-2)16(4)27-26(31)35-21/h10-14,23H,8-9H2,1-7H3/b21-14+. The lowest BCUT2D eigenvalue weighted by atomic mass is 9.95. The predicted octanol–water partition coefficient (Wildman–Crippen LogP) is 2.70. The van der Waals surface area contributed by atoms with E-state index in [0.29, 0.717) is 20.6 Å². The number of hydrogen-bond donors (Lipinski definition) is 0. The SMILES string of the molecule is CCOC(=O)C1=C(C)N=c2s/c(=C/c3c(C)nn(CC)c3C)c(=O)n2C1c1ccc(N(C)C)cc1. The summed E-state index contributed by atoms with van der Waals surface area (Å²) in [5.74, 6) is -0.458. The lowest BCUT2D eigenvalue weighted by Crippen LogP contribution is -2.40. The van der Waals surface area contributed by atoms with Crippen LogP contribution in [0, 0.1) is 13.8 Å². The molecule has 4 rings (SSSR count). The Bertz CT molecular complexity index is 1490. The van der Waals surface area contributed by atoms with Gasteiger partial charge in [0.25, 0.3) is 5.56 Å². The summed E-state index contributed by atoms with van der Waals surface area (Å²) in [6, 6.07) is 7.25. The van der Waals surface area contributed by atoms with Crippen LogP contribution in [0.2, 0.25) is 0 Å². The van der Waals surface area contributed by atoms with Gasteiger partial charge in [0.05, 0.1) is 34.1 Å². The molecule has 2 aromatic heterocycles. The van der Waals surface area contributed by atoms with Gasteiger partial charge in [-0.25, -0.2) is 9.79 Å². The van der Waals surface area contributed by atoms with Gasteiger partial charge in [-0.1, -0.05) is 23.5 Å². The molecule has 1 aromatic carbocycles. The second kappa shape index (κ2) is 9.65. The fourth-order valence-electron chi connectivity index (χ4n) is 4.42. The normalized spacial score (nSPS) is 15.7. The van der Waals surface area contributed by atoms with E-state index in [1.165, 1.54) is 11.3 Å². The summed E-state index contributed by atoms with van der Waals surface area (Å²) in [6.45, 7) is 10.6. The molecule has 0 bridgehead atoms. The second-order valence-electron chi connectivity index (χ2n) is 8.69. The van der Waals surface area contributed by atoms with Crippen LogP contribution in [0.3, 0.4) is 0 Å². The molecule has 1 atom stereocenters. The lowest BCUT2D eigenvalue weighted by molar-refractivity contribution is -0.139. The number of ether oxygens (including phenoxy) is 1. The first kappa shape index (κ1) is 24.7. The molecule has 8 nitrogen and oxygen atoms in total. The van der Waals surface area contributed by atoms with Crippen molar-refractivity contribution in [1.82, 2.24) is 14.3 Å². The maximum absolute atomic E-state index is 13.8. The van der Waals surface area contributed by atoms with Crippen LogP contribution in [-0.2, 0) is 16.1 Å². The fraction of sp³-hybridized carbons (Fsp3) is 0.385. The van der Waals surface area contributed by atoms with Crippen LogP contribution in [0.25, 0.3) is 6.08 Å². The molecule has 3 aromatic rings. The summed E-state index contributed by atoms with van der Waals surface area (Å²) in [6.07, 6.45) is 1.89. The number of fused-ring (bicyclic) bond motifs is 1. The van der Waals surface area contributed by atoms with Gasteiger partial charge in [-0.05, 0) is 58.4 Å². The van der Waals surface area contributed by atoms with E-state index in [4.69, 9.17) is 4.74 Å². The first-order valence-corrected chi connectivity index (χ1v) is 12.5. The van der Waals surface area contributed by atoms with Crippen molar-refractivity contribution in [2.75, 3.05) is 25.6 Å². The minimum Gasteiger partial charge on any atom is -0.463 e. The first-order chi connectivity index (χ1) is 16.7. The Morgan fingerprint density at radius 1 is 1.17 bits per heavy atom. The second-order valence-corrected chi connectivity index (χ2v) is 9.70. The molecule has 3 heterocycles. The fourth-order valence-corrected chi connectivity index (χ4v) is 5.45. The molecule has 0 spiro atoms. The summed E-state index contributed by atoms with van der Waals surface area (Å²) in [7, 11) is 3.94. The van der Waals surface area contributed by atoms with Gasteiger partial charge in [-0.2, -0.15) is 5.10 Å². The maximum Gasteiger partial charge on any atom is 0.338 e. The predicted molar refractivity (Wildman–Crippen MR) is 139 cm³/mol. The number of aromatic nitrogens is 3. The van der Waals surface area contributed by atoms with Crippen LogP contribution in [0.5, 0.6) is 0 Å². The van der Waals surface area contributed by atoms with E-state index < -0.39 is 12.0 Å². The van der Waals surface area contributed by atoms with Crippen LogP contribution in [0.1, 0.15) is 49.3 Å². The quantitative estimate of drug-likeness (QED) is 0.493. The van der Waals surface area contributed by atoms with E-state index in [0.717, 1.165) is 34.7 Å². The Hall–Kier alpha value is -3.46. The zero-order valence-corrected chi connectivity index (χ0v) is 22.1. The Morgan fingerprint density at radius 2 is 1.86 bits per heavy atom. The van der Waals surface area contributed by atoms with Gasteiger partial charge >= 0.3 is 5.97 Å². The average Bonchev–Trinajstić information content (AvgIpc) is 3.28. The van der Waals surface area contributed by atoms with Gasteiger partial charge < -0.3 is 9.64 Å². The monoisotopic (exact) mass is 493 g/mol. The largest absolute Gasteiger partial charge is 0.463 e. The number of allylic oxidation sites excluding steroid dienone is 1. The Kier molecular flexibility index (Phi) is 6.80. The van der Waals surface area contributed by atoms with Gasteiger partial charge in [0.1, 0.15) is 0 Å². The molecule has 0 saturated heterocycles. The molecular formula is C26H31N5O3S. The molecule has 0 amide bonds. The number of rotatable bonds is 6. The van der Waals surface area contributed by atoms with E-state index in [2.05, 4.69) is 10.1 Å². The Balaban J connectivity index is 1.95. The third-order valence-electron chi connectivity index (χ3n) is 6.25. The van der Waals surface area contributed by atoms with Crippen LogP contribution in [0.15, 0.2) is 45.3 Å². The van der Waals surface area contributed by atoms with Crippen molar-refractivity contribution in [3.05, 3.63) is 77.7 Å². The molecule has 0 radical (unpaired) electrons. The molecule has 1 aliphatic rings. The third kappa shape index (κ3) is 4.36. The number of nitrogens with zero attached hydrogens (tertiary/aromatic N) is 5. The molecule has 184 valence electrons. The molecular weight excluding hydrogens is 462 g/mol. The third-order valence-corrected chi connectivity index (χ3v) is 7.24. The number of thiazole rings is 1. The van der Waals surface area contributed by atoms with E-state index in [1.54, 1.807) is 18.4 Å². The van der Waals surface area contributed by atoms with Crippen molar-refractivity contribution < 1.29 is 9.53 Å². The first-order valence-electron chi connectivity index (χ1n) is 11.7. The van der Waals surface area contributed by atoms with Crippen molar-refractivity contribution in [2.45, 2.75) is 47.2 Å². The van der Waals surface area contributed by atoms with Gasteiger partial charge in [-0.3, -0.25) is 14.0 Å². The zero-order valence-electron chi connectivity index (χ0n) is 21.2. The molecule has 1 aliphatic heterocycles. The van der Waals surface area contributed by atoms with Crippen LogP contribution in [0.4, 0.5) is 5.69 Å². The molecule has 9 heteroatoms. The smallest absolute Gasteiger partial charge is 0.338 e. The molecule has 0 fully saturated rings. The minimum atomic E-state index is -0.621. The molecule has 35 heavy (non-hydrogen) atoms. The Morgan fingerprint density at radius 3 is 2.43 bits per heavy atom. The summed E-state index contributed by atoms with van der Waals surface area (Å²) >= 11 is 1.33. The van der Waals surface area contributed by atoms with Crippen LogP contribution < -0.4 is 19.8 Å². The van der Waals surface area contributed by atoms with Crippen molar-refractivity contribution in [3.63, 3.8) is 0 Å². The summed E-state index contributed by atoms with van der Waals surface area (Å²) in [4.78, 5) is 34.0. The zero-order chi connectivity index (χ0) is 25.4. The van der Waals surface area contributed by atoms with Gasteiger partial charge in [-0.15, -0.1) is 0 Å². The number of benzene rings is 1. The van der Waals surface area contributed by atoms with E-state index in [1.807, 2.05) is 74.8 Å². The topological polar surface area (TPSA) is 81.7 Å². The highest BCUT2D eigenvalue weighted by molar-refractivity contribution is 7.07. The van der Waals surface area contributed by atoms with Crippen LogP contribution in [-0.4, -0.2) is 41.0 Å². The van der Waals surface area contributed by atoms with E-state index in [9.17, 15) is 9.59 Å². The van der Waals surface area contributed by atoms with Crippen molar-refractivity contribution in [1.29, 1.82) is 0 Å². The highest BCUT2D eigenvalue weighted by Crippen LogP contribution is 2.31. The maximum atomic E-state index is 13.8. The average molecular weight is 494 g/mol. The van der Waals surface area contributed by atoms with Gasteiger partial charge in [0, 0.05) is 37.6 Å². The van der Waals surface area contributed by atoms with Crippen molar-refractivity contribution >= 4 is 29.1 Å². The Labute approximate surface area is 208 Å². The lowest BCUT2D eigenvalue weighted by Gasteiger charge is -2.25.